The van der Waals surface area contributed by atoms with E-state index in [2.05, 4.69) is 67.4 Å². The number of piperidine rings is 1. The van der Waals surface area contributed by atoms with Gasteiger partial charge in [0.25, 0.3) is 0 Å². The van der Waals surface area contributed by atoms with E-state index in [4.69, 9.17) is 4.74 Å². The molecule has 5 heteroatoms. The van der Waals surface area contributed by atoms with Crippen molar-refractivity contribution < 1.29 is 14.3 Å². The minimum Gasteiger partial charge on any atom is -0.465 e. The molecular weight excluding hydrogens is 460 g/mol. The van der Waals surface area contributed by atoms with Crippen LogP contribution in [0.1, 0.15) is 61.5 Å². The Morgan fingerprint density at radius 1 is 0.919 bits per heavy atom. The van der Waals surface area contributed by atoms with Crippen molar-refractivity contribution in [3.05, 3.63) is 89.0 Å². The highest BCUT2D eigenvalue weighted by molar-refractivity contribution is 5.90. The third-order valence-electron chi connectivity index (χ3n) is 8.91. The van der Waals surface area contributed by atoms with E-state index in [1.54, 1.807) is 0 Å². The molecule has 37 heavy (non-hydrogen) atoms. The summed E-state index contributed by atoms with van der Waals surface area (Å²) < 4.78 is 4.86. The van der Waals surface area contributed by atoms with Crippen molar-refractivity contribution in [2.75, 3.05) is 33.3 Å². The molecule has 1 fully saturated rings. The van der Waals surface area contributed by atoms with Crippen LogP contribution in [0.5, 0.6) is 0 Å². The normalized spacial score (nSPS) is 24.4. The number of methoxy groups -OCH3 is 1. The summed E-state index contributed by atoms with van der Waals surface area (Å²) in [6, 6.07) is 18.1. The van der Waals surface area contributed by atoms with Crippen LogP contribution in [0.15, 0.2) is 72.3 Å². The molecule has 1 N–H and O–H groups in total. The zero-order valence-electron chi connectivity index (χ0n) is 22.5. The number of nitrogens with one attached hydrogen (secondary N) is 1. The van der Waals surface area contributed by atoms with Crippen molar-refractivity contribution in [2.24, 2.45) is 10.8 Å². The van der Waals surface area contributed by atoms with Crippen LogP contribution in [-0.2, 0) is 14.9 Å². The zero-order chi connectivity index (χ0) is 26.3. The van der Waals surface area contributed by atoms with Crippen molar-refractivity contribution in [1.82, 2.24) is 10.2 Å². The van der Waals surface area contributed by atoms with E-state index in [1.807, 2.05) is 30.3 Å². The van der Waals surface area contributed by atoms with Gasteiger partial charge >= 0.3 is 5.97 Å². The molecule has 5 rings (SSSR count). The van der Waals surface area contributed by atoms with Crippen LogP contribution in [0.2, 0.25) is 0 Å². The number of allylic oxidation sites excluding steroid dienone is 2. The van der Waals surface area contributed by atoms with Gasteiger partial charge in [-0.2, -0.15) is 0 Å². The number of carbonyl (C=O) groups excluding carboxylic acids is 2. The molecular formula is C32H38N2O3. The standard InChI is InChI=1S/C32H38N2O3/c1-30(2)26(23-10-12-24(13-11-23)28(35)37-4)14-16-31(3)22-34(21-15-27(30)31)29(36)32(17-19-33-20-18-32)25-8-6-5-7-9-25/h5-15,33H,16-22H2,1-4H3/t31-/m1/s1. The first-order valence-electron chi connectivity index (χ1n) is 13.4. The molecule has 0 unspecified atom stereocenters. The third-order valence-corrected chi connectivity index (χ3v) is 8.91. The van der Waals surface area contributed by atoms with Crippen LogP contribution in [0.3, 0.4) is 0 Å². The summed E-state index contributed by atoms with van der Waals surface area (Å²) in [7, 11) is 1.40. The van der Waals surface area contributed by atoms with Crippen molar-refractivity contribution in [3.8, 4) is 0 Å². The summed E-state index contributed by atoms with van der Waals surface area (Å²) in [5.41, 5.74) is 4.74. The van der Waals surface area contributed by atoms with Gasteiger partial charge in [0.1, 0.15) is 0 Å². The van der Waals surface area contributed by atoms with Gasteiger partial charge in [0.2, 0.25) is 5.91 Å². The zero-order valence-corrected chi connectivity index (χ0v) is 22.5. The third kappa shape index (κ3) is 4.33. The molecule has 2 aromatic carbocycles. The van der Waals surface area contributed by atoms with E-state index in [0.29, 0.717) is 12.1 Å². The fraction of sp³-hybridized carbons (Fsp3) is 0.438. The topological polar surface area (TPSA) is 58.6 Å². The predicted octanol–water partition coefficient (Wildman–Crippen LogP) is 5.38. The number of amides is 1. The Balaban J connectivity index is 1.43. The van der Waals surface area contributed by atoms with E-state index in [1.165, 1.54) is 18.3 Å². The number of ether oxygens (including phenoxy) is 1. The number of fused-ring (bicyclic) bond motifs is 1. The summed E-state index contributed by atoms with van der Waals surface area (Å²) in [6.07, 6.45) is 7.19. The van der Waals surface area contributed by atoms with Gasteiger partial charge in [-0.1, -0.05) is 81.0 Å². The molecule has 1 aliphatic carbocycles. The van der Waals surface area contributed by atoms with Gasteiger partial charge in [-0.05, 0) is 61.2 Å². The molecule has 0 saturated carbocycles. The molecule has 1 amide bonds. The van der Waals surface area contributed by atoms with Gasteiger partial charge in [0.15, 0.2) is 0 Å². The molecule has 3 aliphatic rings. The fourth-order valence-corrected chi connectivity index (χ4v) is 7.01. The Bertz CT molecular complexity index is 1240. The smallest absolute Gasteiger partial charge is 0.337 e. The molecule has 0 radical (unpaired) electrons. The van der Waals surface area contributed by atoms with Crippen LogP contribution in [0.4, 0.5) is 0 Å². The van der Waals surface area contributed by atoms with Gasteiger partial charge in [-0.3, -0.25) is 4.79 Å². The highest BCUT2D eigenvalue weighted by Gasteiger charge is 2.50. The number of nitrogens with zero attached hydrogens (tertiary/aromatic N) is 1. The number of esters is 1. The minimum atomic E-state index is -0.458. The van der Waals surface area contributed by atoms with Crippen molar-refractivity contribution in [3.63, 3.8) is 0 Å². The van der Waals surface area contributed by atoms with Crippen LogP contribution >= 0.6 is 0 Å². The lowest BCUT2D eigenvalue weighted by atomic mass is 9.58. The number of hydrogen-bond donors (Lipinski definition) is 1. The highest BCUT2D eigenvalue weighted by Crippen LogP contribution is 2.55. The molecule has 0 aromatic heterocycles. The highest BCUT2D eigenvalue weighted by atomic mass is 16.5. The first-order chi connectivity index (χ1) is 17.7. The molecule has 2 aliphatic heterocycles. The second-order valence-electron chi connectivity index (χ2n) is 11.6. The average Bonchev–Trinajstić information content (AvgIpc) is 2.92. The van der Waals surface area contributed by atoms with Gasteiger partial charge in [0, 0.05) is 23.9 Å². The minimum absolute atomic E-state index is 0.113. The quantitative estimate of drug-likeness (QED) is 0.454. The number of carbonyl (C=O) groups is 2. The van der Waals surface area contributed by atoms with Crippen LogP contribution in [-0.4, -0.2) is 50.1 Å². The Morgan fingerprint density at radius 3 is 2.24 bits per heavy atom. The van der Waals surface area contributed by atoms with E-state index >= 15 is 0 Å². The van der Waals surface area contributed by atoms with Gasteiger partial charge < -0.3 is 15.0 Å². The van der Waals surface area contributed by atoms with Crippen LogP contribution < -0.4 is 5.32 Å². The molecule has 0 spiro atoms. The second-order valence-corrected chi connectivity index (χ2v) is 11.6. The molecule has 2 heterocycles. The lowest BCUT2D eigenvalue weighted by Gasteiger charge is -2.52. The fourth-order valence-electron chi connectivity index (χ4n) is 7.01. The average molecular weight is 499 g/mol. The number of rotatable bonds is 4. The van der Waals surface area contributed by atoms with Crippen molar-refractivity contribution >= 4 is 17.4 Å². The predicted molar refractivity (Wildman–Crippen MR) is 147 cm³/mol. The SMILES string of the molecule is COC(=O)c1ccc(C2=CC[C@]3(C)CN(C(=O)C4(c5ccccc5)CCNCC4)CC=C3C2(C)C)cc1. The molecule has 1 saturated heterocycles. The van der Waals surface area contributed by atoms with Crippen molar-refractivity contribution in [1.29, 1.82) is 0 Å². The monoisotopic (exact) mass is 498 g/mol. The lowest BCUT2D eigenvalue weighted by Crippen LogP contribution is -2.56. The molecule has 194 valence electrons. The number of hydrogen-bond acceptors (Lipinski definition) is 4. The van der Waals surface area contributed by atoms with Crippen molar-refractivity contribution in [2.45, 2.75) is 45.4 Å². The Labute approximate surface area is 220 Å². The van der Waals surface area contributed by atoms with Gasteiger partial charge in [-0.25, -0.2) is 4.79 Å². The second kappa shape index (κ2) is 9.60. The summed E-state index contributed by atoms with van der Waals surface area (Å²) >= 11 is 0. The van der Waals surface area contributed by atoms with Crippen LogP contribution in [0.25, 0.3) is 5.57 Å². The van der Waals surface area contributed by atoms with Gasteiger partial charge in [-0.15, -0.1) is 0 Å². The maximum atomic E-state index is 14.3. The summed E-state index contributed by atoms with van der Waals surface area (Å²) in [6.45, 7) is 9.97. The first-order valence-corrected chi connectivity index (χ1v) is 13.4. The summed E-state index contributed by atoms with van der Waals surface area (Å²) in [5, 5.41) is 3.45. The summed E-state index contributed by atoms with van der Waals surface area (Å²) in [5.74, 6) is -0.0551. The largest absolute Gasteiger partial charge is 0.465 e. The van der Waals surface area contributed by atoms with Crippen LogP contribution in [0, 0.1) is 10.8 Å². The maximum absolute atomic E-state index is 14.3. The molecule has 1 atom stereocenters. The molecule has 2 aromatic rings. The first kappa shape index (κ1) is 25.5. The number of benzene rings is 2. The van der Waals surface area contributed by atoms with E-state index in [9.17, 15) is 9.59 Å². The van der Waals surface area contributed by atoms with Gasteiger partial charge in [0.05, 0.1) is 18.1 Å². The molecule has 0 bridgehead atoms. The Hall–Kier alpha value is -3.18. The van der Waals surface area contributed by atoms with E-state index in [-0.39, 0.29) is 22.7 Å². The maximum Gasteiger partial charge on any atom is 0.337 e. The summed E-state index contributed by atoms with van der Waals surface area (Å²) in [4.78, 5) is 28.3. The Morgan fingerprint density at radius 2 is 1.59 bits per heavy atom. The van der Waals surface area contributed by atoms with E-state index in [0.717, 1.165) is 50.0 Å². The molecule has 5 nitrogen and oxygen atoms in total. The van der Waals surface area contributed by atoms with E-state index < -0.39 is 5.41 Å². The lowest BCUT2D eigenvalue weighted by molar-refractivity contribution is -0.140. The Kier molecular flexibility index (Phi) is 6.61.